The van der Waals surface area contributed by atoms with Crippen molar-refractivity contribution in [3.63, 3.8) is 0 Å². The van der Waals surface area contributed by atoms with Crippen LogP contribution in [-0.2, 0) is 13.2 Å². The molecular formula is C32H28N6O6. The zero-order chi connectivity index (χ0) is 31.2. The molecule has 0 radical (unpaired) electrons. The fourth-order valence-corrected chi connectivity index (χ4v) is 4.44. The monoisotopic (exact) mass is 592 g/mol. The highest BCUT2D eigenvalue weighted by molar-refractivity contribution is 5.98. The van der Waals surface area contributed by atoms with E-state index in [9.17, 15) is 19.7 Å². The van der Waals surface area contributed by atoms with E-state index in [0.29, 0.717) is 35.0 Å². The van der Waals surface area contributed by atoms with Crippen molar-refractivity contribution in [1.29, 1.82) is 0 Å². The van der Waals surface area contributed by atoms with Crippen molar-refractivity contribution in [2.75, 3.05) is 5.73 Å². The molecule has 2 heterocycles. The zero-order valence-corrected chi connectivity index (χ0v) is 23.3. The number of ether oxygens (including phenoxy) is 2. The quantitative estimate of drug-likeness (QED) is 0.0862. The Kier molecular flexibility index (Phi) is 8.43. The highest BCUT2D eigenvalue weighted by Gasteiger charge is 2.09. The molecule has 44 heavy (non-hydrogen) atoms. The van der Waals surface area contributed by atoms with Crippen LogP contribution in [0, 0.1) is 10.1 Å². The second kappa shape index (κ2) is 12.7. The first-order valence-electron chi connectivity index (χ1n) is 13.3. The summed E-state index contributed by atoms with van der Waals surface area (Å²) in [5, 5.41) is 12.4. The lowest BCUT2D eigenvalue weighted by molar-refractivity contribution is -0.384. The number of non-ortho nitro benzene ring substituents is 1. The number of aromatic amines is 2. The van der Waals surface area contributed by atoms with Crippen LogP contribution in [0.3, 0.4) is 0 Å². The number of anilines is 1. The Labute approximate surface area is 250 Å². The Balaban J connectivity index is 0.000000175. The number of nitrogens with zero attached hydrogens (tertiary/aromatic N) is 1. The predicted octanol–water partition coefficient (Wildman–Crippen LogP) is 5.18. The summed E-state index contributed by atoms with van der Waals surface area (Å²) in [5.41, 5.74) is 21.0. The van der Waals surface area contributed by atoms with E-state index in [1.165, 1.54) is 12.1 Å². The van der Waals surface area contributed by atoms with Crippen LogP contribution in [0.5, 0.6) is 11.5 Å². The highest BCUT2D eigenvalue weighted by atomic mass is 16.6. The number of benzene rings is 4. The number of nitrogens with two attached hydrogens (primary N) is 3. The molecule has 0 fully saturated rings. The minimum Gasteiger partial charge on any atom is -0.489 e. The van der Waals surface area contributed by atoms with Gasteiger partial charge >= 0.3 is 0 Å². The smallest absolute Gasteiger partial charge is 0.269 e. The van der Waals surface area contributed by atoms with Crippen LogP contribution >= 0.6 is 0 Å². The van der Waals surface area contributed by atoms with Crippen molar-refractivity contribution in [2.45, 2.75) is 13.2 Å². The number of hydrogen-bond acceptors (Lipinski definition) is 7. The molecule has 4 aromatic carbocycles. The summed E-state index contributed by atoms with van der Waals surface area (Å²) in [5.74, 6) is 0.313. The van der Waals surface area contributed by atoms with E-state index in [2.05, 4.69) is 9.97 Å². The van der Waals surface area contributed by atoms with Crippen molar-refractivity contribution >= 4 is 45.0 Å². The van der Waals surface area contributed by atoms with Gasteiger partial charge in [0.1, 0.15) is 36.1 Å². The van der Waals surface area contributed by atoms with Gasteiger partial charge in [-0.1, -0.05) is 24.3 Å². The molecule has 2 aromatic heterocycles. The molecule has 6 aromatic rings. The van der Waals surface area contributed by atoms with Gasteiger partial charge in [0, 0.05) is 39.6 Å². The van der Waals surface area contributed by atoms with Gasteiger partial charge in [0.15, 0.2) is 0 Å². The van der Waals surface area contributed by atoms with E-state index >= 15 is 0 Å². The molecule has 0 spiro atoms. The fraction of sp³-hybridized carbons (Fsp3) is 0.0625. The summed E-state index contributed by atoms with van der Waals surface area (Å²) in [4.78, 5) is 38.5. The van der Waals surface area contributed by atoms with Gasteiger partial charge in [-0.2, -0.15) is 0 Å². The van der Waals surface area contributed by atoms with Crippen LogP contribution in [-0.4, -0.2) is 26.7 Å². The van der Waals surface area contributed by atoms with Crippen molar-refractivity contribution in [1.82, 2.24) is 9.97 Å². The van der Waals surface area contributed by atoms with Gasteiger partial charge in [0.2, 0.25) is 0 Å². The number of aromatic nitrogens is 2. The molecule has 0 saturated heterocycles. The first-order valence-corrected chi connectivity index (χ1v) is 13.3. The lowest BCUT2D eigenvalue weighted by Crippen LogP contribution is -2.10. The number of nitrogen functional groups attached to an aromatic ring is 1. The normalized spacial score (nSPS) is 10.6. The molecule has 12 heteroatoms. The maximum Gasteiger partial charge on any atom is 0.269 e. The Morgan fingerprint density at radius 2 is 1.18 bits per heavy atom. The molecule has 0 aliphatic rings. The van der Waals surface area contributed by atoms with Crippen LogP contribution in [0.1, 0.15) is 32.1 Å². The number of carbonyl (C=O) groups is 2. The molecule has 8 N–H and O–H groups in total. The standard InChI is InChI=1S/C16H13N3O4.C16H15N3O2/c17-16(20)15-8-11-7-13(4-5-14(11)18-15)23-9-10-2-1-3-12(6-10)19(21)22;17-12-3-1-2-10(6-12)9-21-13-4-5-14-11(7-13)8-15(19-14)16(18)20/h1-8,18H,9H2,(H2,17,20);1-8,19H,9,17H2,(H2,18,20). The topological polar surface area (TPSA) is 205 Å². The second-order valence-electron chi connectivity index (χ2n) is 9.84. The van der Waals surface area contributed by atoms with E-state index in [1.54, 1.807) is 42.5 Å². The molecule has 222 valence electrons. The molecule has 12 nitrogen and oxygen atoms in total. The van der Waals surface area contributed by atoms with Crippen LogP contribution < -0.4 is 26.7 Å². The van der Waals surface area contributed by atoms with E-state index in [1.807, 2.05) is 42.5 Å². The van der Waals surface area contributed by atoms with Crippen molar-refractivity contribution < 1.29 is 24.0 Å². The average molecular weight is 593 g/mol. The number of rotatable bonds is 9. The Hall–Kier alpha value is -6.30. The number of nitrogens with one attached hydrogen (secondary N) is 2. The minimum absolute atomic E-state index is 0.0262. The van der Waals surface area contributed by atoms with Crippen LogP contribution in [0.15, 0.2) is 97.1 Å². The molecule has 0 atom stereocenters. The van der Waals surface area contributed by atoms with Crippen LogP contribution in [0.25, 0.3) is 21.8 Å². The number of carbonyl (C=O) groups excluding carboxylic acids is 2. The third kappa shape index (κ3) is 7.12. The number of hydrogen-bond donors (Lipinski definition) is 5. The summed E-state index contributed by atoms with van der Waals surface area (Å²) in [6, 6.07) is 28.1. The Morgan fingerprint density at radius 1 is 0.682 bits per heavy atom. The first kappa shape index (κ1) is 29.2. The number of nitro benzene ring substituents is 1. The zero-order valence-electron chi connectivity index (χ0n) is 23.3. The minimum atomic E-state index is -0.528. The third-order valence-corrected chi connectivity index (χ3v) is 6.60. The lowest BCUT2D eigenvalue weighted by Gasteiger charge is -2.07. The van der Waals surface area contributed by atoms with Crippen LogP contribution in [0.4, 0.5) is 11.4 Å². The molecule has 0 aliphatic heterocycles. The SMILES string of the molecule is NC(=O)c1cc2cc(OCc3cccc(N)c3)ccc2[nH]1.NC(=O)c1cc2cc(OCc3cccc([N+](=O)[O-])c3)ccc2[nH]1. The summed E-state index contributed by atoms with van der Waals surface area (Å²) >= 11 is 0. The van der Waals surface area contributed by atoms with Gasteiger partial charge in [-0.25, -0.2) is 0 Å². The van der Waals surface area contributed by atoms with Gasteiger partial charge in [0.05, 0.1) is 4.92 Å². The number of amides is 2. The molecule has 0 bridgehead atoms. The van der Waals surface area contributed by atoms with Crippen LogP contribution in [0.2, 0.25) is 0 Å². The third-order valence-electron chi connectivity index (χ3n) is 6.60. The Morgan fingerprint density at radius 3 is 1.66 bits per heavy atom. The number of primary amides is 2. The molecule has 0 aliphatic carbocycles. The van der Waals surface area contributed by atoms with E-state index in [4.69, 9.17) is 26.7 Å². The summed E-state index contributed by atoms with van der Waals surface area (Å²) in [6.45, 7) is 0.643. The molecule has 6 rings (SSSR count). The summed E-state index contributed by atoms with van der Waals surface area (Å²) in [7, 11) is 0. The van der Waals surface area contributed by atoms with Gasteiger partial charge in [0.25, 0.3) is 17.5 Å². The van der Waals surface area contributed by atoms with Gasteiger partial charge < -0.3 is 36.6 Å². The number of fused-ring (bicyclic) bond motifs is 2. The molecule has 0 unspecified atom stereocenters. The van der Waals surface area contributed by atoms with E-state index in [0.717, 1.165) is 33.1 Å². The number of nitro groups is 1. The first-order chi connectivity index (χ1) is 21.1. The lowest BCUT2D eigenvalue weighted by atomic mass is 10.2. The van der Waals surface area contributed by atoms with E-state index < -0.39 is 16.7 Å². The molecule has 0 saturated carbocycles. The highest BCUT2D eigenvalue weighted by Crippen LogP contribution is 2.24. The van der Waals surface area contributed by atoms with Gasteiger partial charge in [-0.05, 0) is 71.8 Å². The van der Waals surface area contributed by atoms with Gasteiger partial charge in [-0.15, -0.1) is 0 Å². The van der Waals surface area contributed by atoms with Crippen molar-refractivity contribution in [3.8, 4) is 11.5 Å². The fourth-order valence-electron chi connectivity index (χ4n) is 4.44. The molecular weight excluding hydrogens is 564 g/mol. The predicted molar refractivity (Wildman–Crippen MR) is 166 cm³/mol. The number of H-pyrrole nitrogens is 2. The maximum absolute atomic E-state index is 11.2. The van der Waals surface area contributed by atoms with Crippen molar-refractivity contribution in [3.05, 3.63) is 130 Å². The Bertz CT molecular complexity index is 2000. The van der Waals surface area contributed by atoms with Gasteiger partial charge in [-0.3, -0.25) is 19.7 Å². The average Bonchev–Trinajstić information content (AvgIpc) is 3.64. The van der Waals surface area contributed by atoms with Crippen molar-refractivity contribution in [2.24, 2.45) is 11.5 Å². The van der Waals surface area contributed by atoms with E-state index in [-0.39, 0.29) is 12.3 Å². The summed E-state index contributed by atoms with van der Waals surface area (Å²) in [6.07, 6.45) is 0. The maximum atomic E-state index is 11.2. The second-order valence-corrected chi connectivity index (χ2v) is 9.84. The largest absolute Gasteiger partial charge is 0.489 e. The molecule has 2 amide bonds. The summed E-state index contributed by atoms with van der Waals surface area (Å²) < 4.78 is 11.4.